The van der Waals surface area contributed by atoms with Crippen LogP contribution in [0.1, 0.15) is 11.1 Å². The standard InChI is InChI=1S/C18H14BrClN2O3/c1-24-16-8-12(5-13(9-21)18(22)23)7-15(19)17(16)25-10-11-3-2-4-14(20)6-11/h2-8H,10H2,1H3,(H2,22,23)/b13-5+. The van der Waals surface area contributed by atoms with Crippen molar-refractivity contribution in [3.8, 4) is 17.6 Å². The maximum Gasteiger partial charge on any atom is 0.259 e. The van der Waals surface area contributed by atoms with E-state index in [4.69, 9.17) is 32.1 Å². The quantitative estimate of drug-likeness (QED) is 0.562. The summed E-state index contributed by atoms with van der Waals surface area (Å²) < 4.78 is 11.8. The third-order valence-electron chi connectivity index (χ3n) is 3.22. The van der Waals surface area contributed by atoms with Gasteiger partial charge in [0.05, 0.1) is 11.6 Å². The third-order valence-corrected chi connectivity index (χ3v) is 4.05. The lowest BCUT2D eigenvalue weighted by atomic mass is 10.1. The predicted molar refractivity (Wildman–Crippen MR) is 99.3 cm³/mol. The lowest BCUT2D eigenvalue weighted by Crippen LogP contribution is -2.12. The summed E-state index contributed by atoms with van der Waals surface area (Å²) in [5.41, 5.74) is 6.48. The Morgan fingerprint density at radius 1 is 1.40 bits per heavy atom. The van der Waals surface area contributed by atoms with Crippen LogP contribution in [-0.4, -0.2) is 13.0 Å². The Kier molecular flexibility index (Phi) is 6.45. The second-order valence-electron chi connectivity index (χ2n) is 4.99. The van der Waals surface area contributed by atoms with Crippen molar-refractivity contribution in [2.24, 2.45) is 5.73 Å². The molecule has 0 unspecified atom stereocenters. The summed E-state index contributed by atoms with van der Waals surface area (Å²) >= 11 is 9.38. The number of amides is 1. The molecule has 2 aromatic carbocycles. The maximum atomic E-state index is 11.2. The first-order valence-corrected chi connectivity index (χ1v) is 8.28. The van der Waals surface area contributed by atoms with E-state index in [1.807, 2.05) is 18.2 Å². The largest absolute Gasteiger partial charge is 0.493 e. The molecule has 0 saturated carbocycles. The molecule has 0 fully saturated rings. The van der Waals surface area contributed by atoms with E-state index in [-0.39, 0.29) is 5.57 Å². The number of nitriles is 1. The summed E-state index contributed by atoms with van der Waals surface area (Å²) in [5.74, 6) is 0.153. The van der Waals surface area contributed by atoms with E-state index in [1.165, 1.54) is 13.2 Å². The summed E-state index contributed by atoms with van der Waals surface area (Å²) in [5, 5.41) is 9.57. The Balaban J connectivity index is 2.31. The summed E-state index contributed by atoms with van der Waals surface area (Å²) in [6.07, 6.45) is 1.39. The van der Waals surface area contributed by atoms with E-state index < -0.39 is 5.91 Å². The van der Waals surface area contributed by atoms with Crippen LogP contribution in [0.4, 0.5) is 0 Å². The summed E-state index contributed by atoms with van der Waals surface area (Å²) in [6, 6.07) is 12.5. The summed E-state index contributed by atoms with van der Waals surface area (Å²) in [7, 11) is 1.50. The number of carbonyl (C=O) groups excluding carboxylic acids is 1. The van der Waals surface area contributed by atoms with Gasteiger partial charge in [-0.1, -0.05) is 23.7 Å². The number of nitrogens with zero attached hydrogens (tertiary/aromatic N) is 1. The van der Waals surface area contributed by atoms with Crippen LogP contribution in [0.25, 0.3) is 6.08 Å². The number of halogens is 2. The van der Waals surface area contributed by atoms with Crippen molar-refractivity contribution in [1.29, 1.82) is 5.26 Å². The summed E-state index contributed by atoms with van der Waals surface area (Å²) in [4.78, 5) is 11.2. The molecule has 0 atom stereocenters. The van der Waals surface area contributed by atoms with Crippen molar-refractivity contribution in [3.63, 3.8) is 0 Å². The van der Waals surface area contributed by atoms with Gasteiger partial charge in [0.15, 0.2) is 11.5 Å². The van der Waals surface area contributed by atoms with Crippen LogP contribution in [0.2, 0.25) is 5.02 Å². The van der Waals surface area contributed by atoms with Gasteiger partial charge in [0.1, 0.15) is 18.2 Å². The van der Waals surface area contributed by atoms with E-state index in [9.17, 15) is 4.79 Å². The van der Waals surface area contributed by atoms with E-state index in [2.05, 4.69) is 15.9 Å². The van der Waals surface area contributed by atoms with Crippen molar-refractivity contribution in [1.82, 2.24) is 0 Å². The van der Waals surface area contributed by atoms with Gasteiger partial charge in [0.2, 0.25) is 0 Å². The summed E-state index contributed by atoms with van der Waals surface area (Å²) in [6.45, 7) is 0.301. The van der Waals surface area contributed by atoms with Crippen molar-refractivity contribution >= 4 is 39.5 Å². The Hall–Kier alpha value is -2.49. The van der Waals surface area contributed by atoms with Crippen LogP contribution in [0.3, 0.4) is 0 Å². The SMILES string of the molecule is COc1cc(/C=C(\C#N)C(N)=O)cc(Br)c1OCc1cccc(Cl)c1. The topological polar surface area (TPSA) is 85.3 Å². The number of benzene rings is 2. The number of methoxy groups -OCH3 is 1. The van der Waals surface area contributed by atoms with Gasteiger partial charge in [-0.05, 0) is 57.4 Å². The molecular formula is C18H14BrClN2O3. The van der Waals surface area contributed by atoms with Gasteiger partial charge >= 0.3 is 0 Å². The highest BCUT2D eigenvalue weighted by molar-refractivity contribution is 9.10. The third kappa shape index (κ3) is 4.99. The average Bonchev–Trinajstić information content (AvgIpc) is 2.58. The average molecular weight is 422 g/mol. The molecule has 0 radical (unpaired) electrons. The van der Waals surface area contributed by atoms with Crippen LogP contribution >= 0.6 is 27.5 Å². The molecule has 25 heavy (non-hydrogen) atoms. The van der Waals surface area contributed by atoms with Crippen LogP contribution < -0.4 is 15.2 Å². The van der Waals surface area contributed by atoms with Crippen LogP contribution in [0, 0.1) is 11.3 Å². The smallest absolute Gasteiger partial charge is 0.259 e. The molecule has 128 valence electrons. The molecule has 0 aliphatic heterocycles. The van der Waals surface area contributed by atoms with Gasteiger partial charge in [0, 0.05) is 5.02 Å². The highest BCUT2D eigenvalue weighted by atomic mass is 79.9. The highest BCUT2D eigenvalue weighted by Gasteiger charge is 2.13. The zero-order valence-electron chi connectivity index (χ0n) is 13.3. The van der Waals surface area contributed by atoms with Crippen LogP contribution in [-0.2, 0) is 11.4 Å². The number of primary amides is 1. The molecule has 0 aliphatic rings. The molecule has 2 N–H and O–H groups in total. The number of carbonyl (C=O) groups is 1. The number of nitrogens with two attached hydrogens (primary N) is 1. The van der Waals surface area contributed by atoms with E-state index in [1.54, 1.807) is 24.3 Å². The number of ether oxygens (including phenoxy) is 2. The first-order chi connectivity index (χ1) is 11.9. The normalized spacial score (nSPS) is 10.9. The number of hydrogen-bond donors (Lipinski definition) is 1. The fourth-order valence-electron chi connectivity index (χ4n) is 2.07. The molecule has 5 nitrogen and oxygen atoms in total. The second-order valence-corrected chi connectivity index (χ2v) is 6.28. The van der Waals surface area contributed by atoms with Crippen LogP contribution in [0.5, 0.6) is 11.5 Å². The van der Waals surface area contributed by atoms with Gasteiger partial charge in [-0.15, -0.1) is 0 Å². The van der Waals surface area contributed by atoms with Crippen molar-refractivity contribution in [2.45, 2.75) is 6.61 Å². The molecule has 7 heteroatoms. The molecule has 0 aromatic heterocycles. The first-order valence-electron chi connectivity index (χ1n) is 7.11. The van der Waals surface area contributed by atoms with Crippen LogP contribution in [0.15, 0.2) is 46.4 Å². The van der Waals surface area contributed by atoms with Gasteiger partial charge in [0.25, 0.3) is 5.91 Å². The first kappa shape index (κ1) is 18.8. The van der Waals surface area contributed by atoms with E-state index >= 15 is 0 Å². The number of hydrogen-bond acceptors (Lipinski definition) is 4. The Bertz CT molecular complexity index is 875. The molecule has 0 spiro atoms. The lowest BCUT2D eigenvalue weighted by Gasteiger charge is -2.14. The van der Waals surface area contributed by atoms with E-state index in [0.717, 1.165) is 5.56 Å². The number of rotatable bonds is 6. The van der Waals surface area contributed by atoms with Gasteiger partial charge in [-0.25, -0.2) is 0 Å². The minimum Gasteiger partial charge on any atom is -0.493 e. The zero-order valence-corrected chi connectivity index (χ0v) is 15.6. The molecule has 0 saturated heterocycles. The monoisotopic (exact) mass is 420 g/mol. The van der Waals surface area contributed by atoms with E-state index in [0.29, 0.717) is 33.2 Å². The molecule has 2 aromatic rings. The van der Waals surface area contributed by atoms with Crippen molar-refractivity contribution in [2.75, 3.05) is 7.11 Å². The zero-order chi connectivity index (χ0) is 18.4. The Morgan fingerprint density at radius 2 is 2.16 bits per heavy atom. The molecule has 2 rings (SSSR count). The predicted octanol–water partition coefficient (Wildman–Crippen LogP) is 4.08. The van der Waals surface area contributed by atoms with Gasteiger partial charge in [-0.3, -0.25) is 4.79 Å². The van der Waals surface area contributed by atoms with Gasteiger partial charge < -0.3 is 15.2 Å². The highest BCUT2D eigenvalue weighted by Crippen LogP contribution is 2.37. The molecule has 0 heterocycles. The fourth-order valence-corrected chi connectivity index (χ4v) is 2.86. The Labute approximate surface area is 158 Å². The molecule has 0 aliphatic carbocycles. The minimum atomic E-state index is -0.793. The Morgan fingerprint density at radius 3 is 2.76 bits per heavy atom. The lowest BCUT2D eigenvalue weighted by molar-refractivity contribution is -0.114. The van der Waals surface area contributed by atoms with Gasteiger partial charge in [-0.2, -0.15) is 5.26 Å². The minimum absolute atomic E-state index is 0.151. The maximum absolute atomic E-state index is 11.2. The molecule has 1 amide bonds. The molecular weight excluding hydrogens is 408 g/mol. The molecule has 0 bridgehead atoms. The second kappa shape index (κ2) is 8.56. The fraction of sp³-hybridized carbons (Fsp3) is 0.111. The van der Waals surface area contributed by atoms with Crippen molar-refractivity contribution in [3.05, 3.63) is 62.6 Å². The van der Waals surface area contributed by atoms with Crippen molar-refractivity contribution < 1.29 is 14.3 Å².